The average Bonchev–Trinajstić information content (AvgIpc) is 3.04. The highest BCUT2D eigenvalue weighted by atomic mass is 19.1. The monoisotopic (exact) mass is 400 g/mol. The number of benzene rings is 1. The molecule has 0 radical (unpaired) electrons. The number of halogens is 1. The Morgan fingerprint density at radius 1 is 1.17 bits per heavy atom. The number of carbonyl (C=O) groups excluding carboxylic acids is 2. The van der Waals surface area contributed by atoms with E-state index in [1.807, 2.05) is 0 Å². The molecule has 6 nitrogen and oxygen atoms in total. The highest BCUT2D eigenvalue weighted by molar-refractivity contribution is 6.01. The van der Waals surface area contributed by atoms with Gasteiger partial charge in [0.05, 0.1) is 23.9 Å². The number of hydrogen-bond donors (Lipinski definition) is 1. The molecule has 0 aromatic heterocycles. The van der Waals surface area contributed by atoms with Gasteiger partial charge in [0.1, 0.15) is 5.82 Å². The van der Waals surface area contributed by atoms with Crippen LogP contribution in [0, 0.1) is 5.82 Å². The third kappa shape index (κ3) is 3.75. The summed E-state index contributed by atoms with van der Waals surface area (Å²) in [7, 11) is 1.66. The van der Waals surface area contributed by atoms with Crippen molar-refractivity contribution in [2.24, 2.45) is 0 Å². The molecule has 29 heavy (non-hydrogen) atoms. The number of nitrogens with zero attached hydrogens (tertiary/aromatic N) is 3. The van der Waals surface area contributed by atoms with Crippen molar-refractivity contribution in [3.63, 3.8) is 0 Å². The summed E-state index contributed by atoms with van der Waals surface area (Å²) in [4.78, 5) is 31.4. The van der Waals surface area contributed by atoms with Crippen LogP contribution < -0.4 is 5.32 Å². The van der Waals surface area contributed by atoms with Gasteiger partial charge in [0.2, 0.25) is 0 Å². The number of likely N-dealkylation sites (tertiary alicyclic amines) is 1. The molecule has 7 heteroatoms. The van der Waals surface area contributed by atoms with E-state index in [1.54, 1.807) is 30.1 Å². The van der Waals surface area contributed by atoms with E-state index in [0.717, 1.165) is 19.5 Å². The molecule has 3 aliphatic heterocycles. The van der Waals surface area contributed by atoms with E-state index in [9.17, 15) is 14.0 Å². The van der Waals surface area contributed by atoms with Gasteiger partial charge in [-0.3, -0.25) is 9.69 Å². The zero-order chi connectivity index (χ0) is 20.5. The molecule has 1 saturated heterocycles. The van der Waals surface area contributed by atoms with E-state index in [4.69, 9.17) is 0 Å². The van der Waals surface area contributed by atoms with Crippen LogP contribution in [0.4, 0.5) is 9.18 Å². The predicted molar refractivity (Wildman–Crippen MR) is 109 cm³/mol. The molecule has 0 saturated carbocycles. The summed E-state index contributed by atoms with van der Waals surface area (Å²) in [5, 5.41) is 2.79. The fourth-order valence-electron chi connectivity index (χ4n) is 4.70. The van der Waals surface area contributed by atoms with Crippen LogP contribution in [0.1, 0.15) is 44.2 Å². The fraction of sp³-hybridized carbons (Fsp3) is 0.545. The van der Waals surface area contributed by atoms with Crippen molar-refractivity contribution < 1.29 is 14.0 Å². The number of nitrogens with one attached hydrogen (secondary N) is 1. The average molecular weight is 400 g/mol. The number of amides is 3. The SMILES string of the molecule is CC1CCCCN1CCCN1CC2=C(C1=O)C(c1ccccc1F)NC(=O)N2C. The Bertz CT molecular complexity index is 840. The Morgan fingerprint density at radius 2 is 1.97 bits per heavy atom. The second-order valence-electron chi connectivity index (χ2n) is 8.28. The maximum absolute atomic E-state index is 14.4. The van der Waals surface area contributed by atoms with Crippen LogP contribution in [0.15, 0.2) is 35.5 Å². The van der Waals surface area contributed by atoms with Crippen molar-refractivity contribution in [3.05, 3.63) is 46.9 Å². The smallest absolute Gasteiger partial charge is 0.322 e. The number of hydrogen-bond acceptors (Lipinski definition) is 3. The minimum absolute atomic E-state index is 0.105. The van der Waals surface area contributed by atoms with Crippen LogP contribution in [-0.2, 0) is 4.79 Å². The maximum atomic E-state index is 14.4. The Kier molecular flexibility index (Phi) is 5.58. The molecule has 3 aliphatic rings. The summed E-state index contributed by atoms with van der Waals surface area (Å²) in [5.41, 5.74) is 1.50. The van der Waals surface area contributed by atoms with Gasteiger partial charge >= 0.3 is 6.03 Å². The summed E-state index contributed by atoms with van der Waals surface area (Å²) in [6, 6.07) is 5.86. The van der Waals surface area contributed by atoms with E-state index in [1.165, 1.54) is 30.2 Å². The van der Waals surface area contributed by atoms with Gasteiger partial charge in [0, 0.05) is 31.7 Å². The van der Waals surface area contributed by atoms with Crippen LogP contribution in [0.5, 0.6) is 0 Å². The van der Waals surface area contributed by atoms with Crippen molar-refractivity contribution in [2.75, 3.05) is 33.2 Å². The molecule has 0 aliphatic carbocycles. The Labute approximate surface area is 171 Å². The Morgan fingerprint density at radius 3 is 2.72 bits per heavy atom. The molecule has 1 aromatic carbocycles. The van der Waals surface area contributed by atoms with Crippen molar-refractivity contribution in [2.45, 2.75) is 44.7 Å². The molecule has 0 bridgehead atoms. The summed E-state index contributed by atoms with van der Waals surface area (Å²) >= 11 is 0. The van der Waals surface area contributed by atoms with Crippen molar-refractivity contribution in [3.8, 4) is 0 Å². The minimum atomic E-state index is -0.741. The topological polar surface area (TPSA) is 55.9 Å². The van der Waals surface area contributed by atoms with Gasteiger partial charge in [-0.05, 0) is 38.8 Å². The molecular weight excluding hydrogens is 371 g/mol. The summed E-state index contributed by atoms with van der Waals surface area (Å²) in [5.74, 6) is -0.522. The third-order valence-corrected chi connectivity index (χ3v) is 6.47. The second kappa shape index (κ2) is 8.14. The number of carbonyl (C=O) groups is 2. The lowest BCUT2D eigenvalue weighted by Crippen LogP contribution is -2.45. The first-order valence-corrected chi connectivity index (χ1v) is 10.5. The van der Waals surface area contributed by atoms with Gasteiger partial charge in [-0.2, -0.15) is 0 Å². The fourth-order valence-corrected chi connectivity index (χ4v) is 4.70. The van der Waals surface area contributed by atoms with E-state index < -0.39 is 11.9 Å². The number of likely N-dealkylation sites (N-methyl/N-ethyl adjacent to an activating group) is 1. The molecule has 156 valence electrons. The first-order valence-electron chi connectivity index (χ1n) is 10.5. The minimum Gasteiger partial charge on any atom is -0.333 e. The van der Waals surface area contributed by atoms with Gasteiger partial charge < -0.3 is 15.1 Å². The molecule has 1 fully saturated rings. The first kappa shape index (κ1) is 19.9. The van der Waals surface area contributed by atoms with E-state index in [0.29, 0.717) is 36.0 Å². The Balaban J connectivity index is 1.48. The predicted octanol–water partition coefficient (Wildman–Crippen LogP) is 2.88. The van der Waals surface area contributed by atoms with Gasteiger partial charge in [-0.15, -0.1) is 0 Å². The van der Waals surface area contributed by atoms with Crippen molar-refractivity contribution in [1.82, 2.24) is 20.0 Å². The molecule has 4 rings (SSSR count). The van der Waals surface area contributed by atoms with Crippen LogP contribution in [-0.4, -0.2) is 65.9 Å². The normalized spacial score (nSPS) is 25.5. The second-order valence-corrected chi connectivity index (χ2v) is 8.28. The zero-order valence-corrected chi connectivity index (χ0v) is 17.2. The van der Waals surface area contributed by atoms with Crippen LogP contribution in [0.2, 0.25) is 0 Å². The van der Waals surface area contributed by atoms with Gasteiger partial charge in [-0.1, -0.05) is 24.6 Å². The molecule has 1 aromatic rings. The molecule has 1 N–H and O–H groups in total. The van der Waals surface area contributed by atoms with Crippen molar-refractivity contribution >= 4 is 11.9 Å². The van der Waals surface area contributed by atoms with Gasteiger partial charge in [0.15, 0.2) is 0 Å². The molecule has 0 spiro atoms. The van der Waals surface area contributed by atoms with E-state index in [2.05, 4.69) is 17.1 Å². The highest BCUT2D eigenvalue weighted by Gasteiger charge is 2.43. The van der Waals surface area contributed by atoms with E-state index in [-0.39, 0.29) is 11.9 Å². The lowest BCUT2D eigenvalue weighted by Gasteiger charge is -2.33. The summed E-state index contributed by atoms with van der Waals surface area (Å²) < 4.78 is 14.4. The highest BCUT2D eigenvalue weighted by Crippen LogP contribution is 2.36. The van der Waals surface area contributed by atoms with Gasteiger partial charge in [0.25, 0.3) is 5.91 Å². The Hall–Kier alpha value is -2.41. The molecule has 3 heterocycles. The number of urea groups is 1. The lowest BCUT2D eigenvalue weighted by atomic mass is 9.95. The number of rotatable bonds is 5. The van der Waals surface area contributed by atoms with Crippen LogP contribution in [0.3, 0.4) is 0 Å². The lowest BCUT2D eigenvalue weighted by molar-refractivity contribution is -0.125. The zero-order valence-electron chi connectivity index (χ0n) is 17.2. The van der Waals surface area contributed by atoms with Crippen molar-refractivity contribution in [1.29, 1.82) is 0 Å². The first-order chi connectivity index (χ1) is 14.0. The maximum Gasteiger partial charge on any atom is 0.322 e. The molecule has 2 unspecified atom stereocenters. The quantitative estimate of drug-likeness (QED) is 0.827. The summed E-state index contributed by atoms with van der Waals surface area (Å²) in [6.45, 7) is 5.41. The molecule has 2 atom stereocenters. The molecule has 3 amide bonds. The standard InChI is InChI=1S/C22H29FN4O2/c1-15-8-5-6-11-26(15)12-7-13-27-14-18-19(21(27)28)20(24-22(29)25(18)2)16-9-3-4-10-17(16)23/h3-4,9-10,15,20H,5-8,11-14H2,1-2H3,(H,24,29). The summed E-state index contributed by atoms with van der Waals surface area (Å²) in [6.07, 6.45) is 4.67. The van der Waals surface area contributed by atoms with Gasteiger partial charge in [-0.25, -0.2) is 9.18 Å². The number of piperidine rings is 1. The largest absolute Gasteiger partial charge is 0.333 e. The van der Waals surface area contributed by atoms with Crippen LogP contribution in [0.25, 0.3) is 0 Å². The molecular formula is C22H29FN4O2. The van der Waals surface area contributed by atoms with E-state index >= 15 is 0 Å². The third-order valence-electron chi connectivity index (χ3n) is 6.47. The van der Waals surface area contributed by atoms with Crippen LogP contribution >= 0.6 is 0 Å².